The molecule has 0 bridgehead atoms. The Morgan fingerprint density at radius 1 is 1.04 bits per heavy atom. The monoisotopic (exact) mass is 332 g/mol. The van der Waals surface area contributed by atoms with Crippen molar-refractivity contribution in [2.75, 3.05) is 11.9 Å². The standard InChI is InChI=1S/C21H20N2S/c1-14-21(2,3)17-12-16(10-11-19(17)23(14)4)18-13-24-20(22-18)15-8-6-5-7-9-15/h5-13H,1H2,2-4H3. The summed E-state index contributed by atoms with van der Waals surface area (Å²) >= 11 is 1.69. The van der Waals surface area contributed by atoms with Gasteiger partial charge in [-0.3, -0.25) is 0 Å². The summed E-state index contributed by atoms with van der Waals surface area (Å²) in [6.45, 7) is 8.73. The molecule has 0 saturated heterocycles. The zero-order valence-electron chi connectivity index (χ0n) is 14.2. The number of hydrogen-bond acceptors (Lipinski definition) is 3. The number of anilines is 1. The molecule has 3 aromatic rings. The van der Waals surface area contributed by atoms with Gasteiger partial charge in [-0.15, -0.1) is 11.3 Å². The fraction of sp³-hybridized carbons (Fsp3) is 0.190. The van der Waals surface area contributed by atoms with Crippen LogP contribution in [0, 0.1) is 0 Å². The van der Waals surface area contributed by atoms with E-state index in [1.54, 1.807) is 11.3 Å². The molecule has 0 saturated carbocycles. The molecule has 1 aliphatic rings. The second-order valence-electron chi connectivity index (χ2n) is 6.77. The fourth-order valence-corrected chi connectivity index (χ4v) is 4.16. The summed E-state index contributed by atoms with van der Waals surface area (Å²) in [5.41, 5.74) is 7.04. The Bertz CT molecular complexity index is 922. The molecule has 2 aromatic carbocycles. The summed E-state index contributed by atoms with van der Waals surface area (Å²) in [6.07, 6.45) is 0. The summed E-state index contributed by atoms with van der Waals surface area (Å²) in [4.78, 5) is 7.03. The first-order chi connectivity index (χ1) is 11.5. The van der Waals surface area contributed by atoms with Crippen LogP contribution in [0.3, 0.4) is 0 Å². The maximum absolute atomic E-state index is 4.84. The van der Waals surface area contributed by atoms with Crippen LogP contribution >= 0.6 is 11.3 Å². The lowest BCUT2D eigenvalue weighted by atomic mass is 9.83. The number of hydrogen-bond donors (Lipinski definition) is 0. The number of aromatic nitrogens is 1. The van der Waals surface area contributed by atoms with Crippen molar-refractivity contribution < 1.29 is 0 Å². The largest absolute Gasteiger partial charge is 0.348 e. The topological polar surface area (TPSA) is 16.1 Å². The van der Waals surface area contributed by atoms with Gasteiger partial charge in [-0.25, -0.2) is 4.98 Å². The minimum Gasteiger partial charge on any atom is -0.348 e. The third-order valence-electron chi connectivity index (χ3n) is 4.98. The zero-order chi connectivity index (χ0) is 16.9. The molecule has 2 nitrogen and oxygen atoms in total. The van der Waals surface area contributed by atoms with Crippen molar-refractivity contribution in [1.29, 1.82) is 0 Å². The molecule has 4 rings (SSSR count). The van der Waals surface area contributed by atoms with Crippen LogP contribution in [0.4, 0.5) is 5.69 Å². The predicted molar refractivity (Wildman–Crippen MR) is 104 cm³/mol. The Labute approximate surface area is 147 Å². The van der Waals surface area contributed by atoms with Gasteiger partial charge in [0, 0.05) is 40.4 Å². The summed E-state index contributed by atoms with van der Waals surface area (Å²) in [7, 11) is 2.09. The van der Waals surface area contributed by atoms with Crippen molar-refractivity contribution in [2.24, 2.45) is 0 Å². The minimum absolute atomic E-state index is 0.0433. The van der Waals surface area contributed by atoms with Crippen molar-refractivity contribution in [1.82, 2.24) is 4.98 Å². The SMILES string of the molecule is C=C1N(C)c2ccc(-c3csc(-c4ccccc4)n3)cc2C1(C)C. The number of benzene rings is 2. The highest BCUT2D eigenvalue weighted by Gasteiger charge is 2.37. The molecule has 1 aliphatic heterocycles. The van der Waals surface area contributed by atoms with Crippen LogP contribution in [0.1, 0.15) is 19.4 Å². The number of fused-ring (bicyclic) bond motifs is 1. The third-order valence-corrected chi connectivity index (χ3v) is 5.87. The van der Waals surface area contributed by atoms with Crippen LogP contribution in [0.2, 0.25) is 0 Å². The highest BCUT2D eigenvalue weighted by Crippen LogP contribution is 2.47. The highest BCUT2D eigenvalue weighted by atomic mass is 32.1. The van der Waals surface area contributed by atoms with Crippen molar-refractivity contribution in [3.05, 3.63) is 71.8 Å². The molecule has 1 aromatic heterocycles. The van der Waals surface area contributed by atoms with Crippen LogP contribution in [-0.2, 0) is 5.41 Å². The first-order valence-corrected chi connectivity index (χ1v) is 8.95. The van der Waals surface area contributed by atoms with Gasteiger partial charge in [0.05, 0.1) is 5.69 Å². The highest BCUT2D eigenvalue weighted by molar-refractivity contribution is 7.13. The van der Waals surface area contributed by atoms with Crippen molar-refractivity contribution in [2.45, 2.75) is 19.3 Å². The lowest BCUT2D eigenvalue weighted by Crippen LogP contribution is -2.21. The normalized spacial score (nSPS) is 15.6. The molecule has 0 unspecified atom stereocenters. The van der Waals surface area contributed by atoms with Gasteiger partial charge < -0.3 is 4.90 Å². The number of nitrogens with zero attached hydrogens (tertiary/aromatic N) is 2. The van der Waals surface area contributed by atoms with E-state index >= 15 is 0 Å². The van der Waals surface area contributed by atoms with Crippen molar-refractivity contribution in [3.63, 3.8) is 0 Å². The summed E-state index contributed by atoms with van der Waals surface area (Å²) in [5.74, 6) is 0. The molecule has 0 amide bonds. The third kappa shape index (κ3) is 2.20. The first kappa shape index (κ1) is 15.2. The fourth-order valence-electron chi connectivity index (χ4n) is 3.33. The Morgan fingerprint density at radius 3 is 2.54 bits per heavy atom. The Morgan fingerprint density at radius 2 is 1.79 bits per heavy atom. The number of rotatable bonds is 2. The van der Waals surface area contributed by atoms with Crippen LogP contribution in [0.25, 0.3) is 21.8 Å². The van der Waals surface area contributed by atoms with Gasteiger partial charge >= 0.3 is 0 Å². The first-order valence-electron chi connectivity index (χ1n) is 8.07. The van der Waals surface area contributed by atoms with Crippen molar-refractivity contribution in [3.8, 4) is 21.8 Å². The molecule has 0 spiro atoms. The van der Waals surface area contributed by atoms with E-state index in [9.17, 15) is 0 Å². The molecule has 0 aliphatic carbocycles. The van der Waals surface area contributed by atoms with Crippen LogP contribution in [-0.4, -0.2) is 12.0 Å². The van der Waals surface area contributed by atoms with E-state index in [1.807, 2.05) is 6.07 Å². The second kappa shape index (κ2) is 5.32. The van der Waals surface area contributed by atoms with Crippen LogP contribution in [0.5, 0.6) is 0 Å². The van der Waals surface area contributed by atoms with Crippen LogP contribution < -0.4 is 4.90 Å². The van der Waals surface area contributed by atoms with Gasteiger partial charge in [-0.2, -0.15) is 0 Å². The average Bonchev–Trinajstić information content (AvgIpc) is 3.16. The summed E-state index contributed by atoms with van der Waals surface area (Å²) in [5, 5.41) is 3.21. The van der Waals surface area contributed by atoms with Gasteiger partial charge in [-0.05, 0) is 17.7 Å². The Kier molecular flexibility index (Phi) is 3.36. The van der Waals surface area contributed by atoms with Gasteiger partial charge in [-0.1, -0.05) is 56.8 Å². The minimum atomic E-state index is -0.0433. The van der Waals surface area contributed by atoms with Gasteiger partial charge in [0.2, 0.25) is 0 Å². The molecule has 2 heterocycles. The van der Waals surface area contributed by atoms with Gasteiger partial charge in [0.15, 0.2) is 0 Å². The average molecular weight is 332 g/mol. The molecule has 0 N–H and O–H groups in total. The summed E-state index contributed by atoms with van der Waals surface area (Å²) < 4.78 is 0. The van der Waals surface area contributed by atoms with E-state index in [2.05, 4.69) is 80.2 Å². The van der Waals surface area contributed by atoms with E-state index in [-0.39, 0.29) is 5.41 Å². The molecule has 24 heavy (non-hydrogen) atoms. The lowest BCUT2D eigenvalue weighted by Gasteiger charge is -2.22. The number of likely N-dealkylation sites (N-methyl/N-ethyl adjacent to an activating group) is 1. The predicted octanol–water partition coefficient (Wildman–Crippen LogP) is 5.72. The molecular formula is C21H20N2S. The van der Waals surface area contributed by atoms with Gasteiger partial charge in [0.1, 0.15) is 5.01 Å². The van der Waals surface area contributed by atoms with Crippen LogP contribution in [0.15, 0.2) is 66.2 Å². The molecule has 0 radical (unpaired) electrons. The van der Waals surface area contributed by atoms with E-state index in [1.165, 1.54) is 22.4 Å². The van der Waals surface area contributed by atoms with Crippen molar-refractivity contribution >= 4 is 17.0 Å². The van der Waals surface area contributed by atoms with E-state index in [0.29, 0.717) is 0 Å². The smallest absolute Gasteiger partial charge is 0.124 e. The molecule has 0 fully saturated rings. The Hall–Kier alpha value is -2.39. The summed E-state index contributed by atoms with van der Waals surface area (Å²) in [6, 6.07) is 17.0. The number of allylic oxidation sites excluding steroid dienone is 1. The molecule has 3 heteroatoms. The van der Waals surface area contributed by atoms with Gasteiger partial charge in [0.25, 0.3) is 0 Å². The molecular weight excluding hydrogens is 312 g/mol. The maximum atomic E-state index is 4.84. The Balaban J connectivity index is 1.76. The zero-order valence-corrected chi connectivity index (χ0v) is 15.0. The molecule has 120 valence electrons. The van der Waals surface area contributed by atoms with E-state index in [4.69, 9.17) is 4.98 Å². The quantitative estimate of drug-likeness (QED) is 0.597. The number of thiazole rings is 1. The maximum Gasteiger partial charge on any atom is 0.124 e. The van der Waals surface area contributed by atoms with E-state index < -0.39 is 0 Å². The lowest BCUT2D eigenvalue weighted by molar-refractivity contribution is 0.643. The van der Waals surface area contributed by atoms with E-state index in [0.717, 1.165) is 16.4 Å². The second-order valence-corrected chi connectivity index (χ2v) is 7.62. The molecule has 0 atom stereocenters.